The van der Waals surface area contributed by atoms with E-state index in [9.17, 15) is 46.0 Å². The lowest BCUT2D eigenvalue weighted by Gasteiger charge is -2.70. The molecule has 3 unspecified atom stereocenters. The van der Waals surface area contributed by atoms with Crippen molar-refractivity contribution in [2.75, 3.05) is 13.2 Å². The number of fused-ring (bicyclic) bond motifs is 5. The Kier molecular flexibility index (Phi) is 12.5. The molecule has 4 aliphatic carbocycles. The minimum Gasteiger partial charge on any atom is -0.394 e. The summed E-state index contributed by atoms with van der Waals surface area (Å²) in [4.78, 5) is 0. The van der Waals surface area contributed by atoms with Crippen LogP contribution in [-0.2, 0) is 18.9 Å². The molecular formula is C42H72O13. The molecule has 2 aliphatic heterocycles. The summed E-state index contributed by atoms with van der Waals surface area (Å²) in [5.74, 6) is 0.445. The van der Waals surface area contributed by atoms with Gasteiger partial charge in [0.1, 0.15) is 48.8 Å². The number of aliphatic hydroxyl groups is 9. The van der Waals surface area contributed by atoms with Gasteiger partial charge in [0.25, 0.3) is 0 Å². The molecule has 0 bridgehead atoms. The van der Waals surface area contributed by atoms with Crippen LogP contribution in [-0.4, -0.2) is 138 Å². The van der Waals surface area contributed by atoms with Gasteiger partial charge in [0.2, 0.25) is 0 Å². The van der Waals surface area contributed by atoms with Gasteiger partial charge in [-0.25, -0.2) is 0 Å². The molecule has 13 nitrogen and oxygen atoms in total. The van der Waals surface area contributed by atoms with Crippen molar-refractivity contribution in [3.63, 3.8) is 0 Å². The molecule has 0 radical (unpaired) electrons. The monoisotopic (exact) mass is 784 g/mol. The highest BCUT2D eigenvalue weighted by atomic mass is 16.8. The van der Waals surface area contributed by atoms with Gasteiger partial charge < -0.3 is 64.9 Å². The van der Waals surface area contributed by atoms with Gasteiger partial charge in [-0.3, -0.25) is 0 Å². The first kappa shape index (κ1) is 43.8. The fourth-order valence-electron chi connectivity index (χ4n) is 13.3. The van der Waals surface area contributed by atoms with Crippen LogP contribution in [0.25, 0.3) is 0 Å². The molecule has 6 rings (SSSR count). The van der Waals surface area contributed by atoms with E-state index in [1.165, 1.54) is 5.57 Å². The summed E-state index contributed by atoms with van der Waals surface area (Å²) < 4.78 is 24.4. The lowest BCUT2D eigenvalue weighted by atomic mass is 9.35. The van der Waals surface area contributed by atoms with E-state index < -0.39 is 97.8 Å². The molecule has 2 saturated heterocycles. The van der Waals surface area contributed by atoms with Gasteiger partial charge in [0, 0.05) is 0 Å². The highest BCUT2D eigenvalue weighted by Gasteiger charge is 2.71. The minimum absolute atomic E-state index is 0.00798. The van der Waals surface area contributed by atoms with Gasteiger partial charge in [-0.1, -0.05) is 46.3 Å². The summed E-state index contributed by atoms with van der Waals surface area (Å²) in [6.45, 7) is 16.5. The molecule has 55 heavy (non-hydrogen) atoms. The van der Waals surface area contributed by atoms with Crippen molar-refractivity contribution >= 4 is 0 Å². The lowest BCUT2D eigenvalue weighted by Crippen LogP contribution is -2.68. The van der Waals surface area contributed by atoms with Crippen molar-refractivity contribution < 1.29 is 64.9 Å². The highest BCUT2D eigenvalue weighted by Crippen LogP contribution is 2.76. The molecule has 4 saturated carbocycles. The number of ether oxygens (including phenoxy) is 4. The number of aliphatic hydroxyl groups excluding tert-OH is 8. The quantitative estimate of drug-likeness (QED) is 0.115. The standard InChI is InChI=1S/C42H72O13/c1-21(2)10-9-14-42(8,51)22-11-16-41(7)29(22)23(45)18-27-39(5)15-13-28(38(3,4)26(39)12-17-40(27,41)6)54-37-35(33(49)31(47)25(20-44)53-37)55-36-34(50)32(48)30(46)24(19-43)52-36/h10,22-37,43-51H,9,11-20H2,1-8H3/t22-,23?,24+,25+,26-,27?,28-,29?,30+,31+,32-,33-,34+,35+,36-,37-,39-,40+,41+,42-/m0/s1. The maximum Gasteiger partial charge on any atom is 0.187 e. The van der Waals surface area contributed by atoms with Crippen LogP contribution >= 0.6 is 0 Å². The van der Waals surface area contributed by atoms with Gasteiger partial charge in [-0.2, -0.15) is 0 Å². The average Bonchev–Trinajstić information content (AvgIpc) is 3.50. The van der Waals surface area contributed by atoms with Crippen LogP contribution in [0.2, 0.25) is 0 Å². The van der Waals surface area contributed by atoms with Crippen LogP contribution in [0.5, 0.6) is 0 Å². The minimum atomic E-state index is -1.75. The second-order valence-electron chi connectivity index (χ2n) is 20.1. The van der Waals surface area contributed by atoms with E-state index in [1.54, 1.807) is 0 Å². The molecule has 318 valence electrons. The predicted octanol–water partition coefficient (Wildman–Crippen LogP) is 2.15. The molecule has 6 fully saturated rings. The van der Waals surface area contributed by atoms with E-state index >= 15 is 0 Å². The third kappa shape index (κ3) is 7.20. The van der Waals surface area contributed by atoms with Crippen LogP contribution in [0, 0.1) is 45.3 Å². The molecule has 0 amide bonds. The van der Waals surface area contributed by atoms with Crippen molar-refractivity contribution in [3.05, 3.63) is 11.6 Å². The molecule has 0 spiro atoms. The molecule has 13 heteroatoms. The number of rotatable bonds is 10. The van der Waals surface area contributed by atoms with Crippen molar-refractivity contribution in [1.29, 1.82) is 0 Å². The van der Waals surface area contributed by atoms with Crippen molar-refractivity contribution in [1.82, 2.24) is 0 Å². The molecule has 6 aliphatic rings. The summed E-state index contributed by atoms with van der Waals surface area (Å²) >= 11 is 0. The van der Waals surface area contributed by atoms with Gasteiger partial charge in [-0.05, 0) is 124 Å². The maximum absolute atomic E-state index is 12.2. The Labute approximate surface area is 327 Å². The summed E-state index contributed by atoms with van der Waals surface area (Å²) in [5.41, 5.74) is -0.405. The molecule has 0 aromatic heterocycles. The van der Waals surface area contributed by atoms with Gasteiger partial charge in [0.05, 0.1) is 31.0 Å². The van der Waals surface area contributed by atoms with E-state index in [0.29, 0.717) is 19.3 Å². The second kappa shape index (κ2) is 15.7. The zero-order valence-electron chi connectivity index (χ0n) is 34.3. The Bertz CT molecular complexity index is 1370. The Morgan fingerprint density at radius 3 is 1.95 bits per heavy atom. The van der Waals surface area contributed by atoms with Gasteiger partial charge >= 0.3 is 0 Å². The third-order valence-electron chi connectivity index (χ3n) is 16.6. The first-order valence-electron chi connectivity index (χ1n) is 20.9. The number of allylic oxidation sites excluding steroid dienone is 2. The fraction of sp³-hybridized carbons (Fsp3) is 0.952. The zero-order valence-corrected chi connectivity index (χ0v) is 34.3. The largest absolute Gasteiger partial charge is 0.394 e. The first-order chi connectivity index (χ1) is 25.6. The van der Waals surface area contributed by atoms with Crippen molar-refractivity contribution in [2.24, 2.45) is 45.3 Å². The van der Waals surface area contributed by atoms with Gasteiger partial charge in [0.15, 0.2) is 12.6 Å². The van der Waals surface area contributed by atoms with Crippen LogP contribution in [0.4, 0.5) is 0 Å². The van der Waals surface area contributed by atoms with E-state index in [1.807, 2.05) is 6.92 Å². The van der Waals surface area contributed by atoms with Crippen LogP contribution in [0.15, 0.2) is 11.6 Å². The zero-order chi connectivity index (χ0) is 40.6. The van der Waals surface area contributed by atoms with E-state index in [4.69, 9.17) is 18.9 Å². The molecule has 9 N–H and O–H groups in total. The summed E-state index contributed by atoms with van der Waals surface area (Å²) in [6, 6.07) is 0. The highest BCUT2D eigenvalue weighted by molar-refractivity contribution is 5.20. The third-order valence-corrected chi connectivity index (χ3v) is 16.6. The Morgan fingerprint density at radius 2 is 1.33 bits per heavy atom. The van der Waals surface area contributed by atoms with Crippen LogP contribution < -0.4 is 0 Å². The number of hydrogen-bond acceptors (Lipinski definition) is 13. The first-order valence-corrected chi connectivity index (χ1v) is 20.9. The molecule has 0 aromatic carbocycles. The van der Waals surface area contributed by atoms with E-state index in [0.717, 1.165) is 38.5 Å². The SMILES string of the molecule is CC(C)=CCC[C@](C)(O)[C@H]1CC[C@]2(C)C1C(O)CC1[C@@]3(C)CC[C@H](O[C@@H]4O[C@H](CO)[C@@H](O)[C@H](O)[C@H]4O[C@@H]4O[C@H](CO)[C@@H](O)[C@H](O)[C@H]4O)C(C)(C)[C@@H]3CC[C@]12C. The van der Waals surface area contributed by atoms with Gasteiger partial charge in [-0.15, -0.1) is 0 Å². The molecular weight excluding hydrogens is 712 g/mol. The average molecular weight is 785 g/mol. The van der Waals surface area contributed by atoms with E-state index in [2.05, 4.69) is 54.5 Å². The van der Waals surface area contributed by atoms with Crippen molar-refractivity contribution in [3.8, 4) is 0 Å². The topological polar surface area (TPSA) is 219 Å². The summed E-state index contributed by atoms with van der Waals surface area (Å²) in [5, 5.41) is 97.4. The number of hydrogen-bond donors (Lipinski definition) is 9. The van der Waals surface area contributed by atoms with Crippen LogP contribution in [0.1, 0.15) is 113 Å². The predicted molar refractivity (Wildman–Crippen MR) is 201 cm³/mol. The van der Waals surface area contributed by atoms with Crippen molar-refractivity contribution in [2.45, 2.75) is 192 Å². The lowest BCUT2D eigenvalue weighted by molar-refractivity contribution is -0.378. The summed E-state index contributed by atoms with van der Waals surface area (Å²) in [7, 11) is 0. The smallest absolute Gasteiger partial charge is 0.187 e. The normalized spacial score (nSPS) is 52.0. The fourth-order valence-corrected chi connectivity index (χ4v) is 13.3. The maximum atomic E-state index is 12.2. The Morgan fingerprint density at radius 1 is 0.727 bits per heavy atom. The van der Waals surface area contributed by atoms with E-state index in [-0.39, 0.29) is 39.9 Å². The van der Waals surface area contributed by atoms with Crippen LogP contribution in [0.3, 0.4) is 0 Å². The second-order valence-corrected chi connectivity index (χ2v) is 20.1. The molecule has 20 atom stereocenters. The Balaban J connectivity index is 1.23. The molecule has 2 heterocycles. The molecule has 0 aromatic rings. The summed E-state index contributed by atoms with van der Waals surface area (Å²) in [6.07, 6.45) is -6.48. The Hall–Kier alpha value is -0.780.